The Morgan fingerprint density at radius 3 is 2.44 bits per heavy atom. The number of nitrogens with two attached hydrogens (primary N) is 1. The molecule has 2 aromatic rings. The summed E-state index contributed by atoms with van der Waals surface area (Å²) >= 11 is 1.54. The second kappa shape index (κ2) is 5.46. The fraction of sp³-hybridized carbons (Fsp3) is 0.308. The van der Waals surface area contributed by atoms with Gasteiger partial charge in [0, 0.05) is 29.0 Å². The van der Waals surface area contributed by atoms with Crippen molar-refractivity contribution in [2.75, 3.05) is 0 Å². The number of pyridine rings is 1. The molecule has 0 amide bonds. The van der Waals surface area contributed by atoms with Crippen molar-refractivity contribution in [3.63, 3.8) is 0 Å². The molecule has 0 saturated carbocycles. The summed E-state index contributed by atoms with van der Waals surface area (Å²) in [6.45, 7) is 6.50. The van der Waals surface area contributed by atoms with E-state index in [0.29, 0.717) is 6.54 Å². The van der Waals surface area contributed by atoms with Gasteiger partial charge in [-0.15, -0.1) is 0 Å². The van der Waals surface area contributed by atoms with E-state index in [2.05, 4.69) is 15.0 Å². The Bertz CT molecular complexity index is 546. The van der Waals surface area contributed by atoms with Gasteiger partial charge in [-0.05, 0) is 50.2 Å². The van der Waals surface area contributed by atoms with Crippen molar-refractivity contribution in [3.05, 3.63) is 41.0 Å². The van der Waals surface area contributed by atoms with Crippen molar-refractivity contribution in [2.45, 2.75) is 37.4 Å². The Morgan fingerprint density at radius 1 is 1.17 bits per heavy atom. The van der Waals surface area contributed by atoms with Gasteiger partial charge in [0.05, 0.1) is 5.69 Å². The van der Waals surface area contributed by atoms with Crippen LogP contribution in [0.1, 0.15) is 22.6 Å². The molecule has 0 aromatic carbocycles. The highest BCUT2D eigenvalue weighted by Gasteiger charge is 2.06. The Balaban J connectivity index is 2.28. The molecular weight excluding hydrogens is 244 g/mol. The van der Waals surface area contributed by atoms with Crippen LogP contribution in [0.5, 0.6) is 0 Å². The smallest absolute Gasteiger partial charge is 0.192 e. The first-order valence-corrected chi connectivity index (χ1v) is 6.56. The molecule has 0 bridgehead atoms. The summed E-state index contributed by atoms with van der Waals surface area (Å²) in [5.74, 6) is 0. The number of hydrogen-bond donors (Lipinski definition) is 1. The van der Waals surface area contributed by atoms with E-state index in [0.717, 1.165) is 32.7 Å². The molecule has 18 heavy (non-hydrogen) atoms. The highest BCUT2D eigenvalue weighted by atomic mass is 32.2. The Kier molecular flexibility index (Phi) is 3.93. The summed E-state index contributed by atoms with van der Waals surface area (Å²) < 4.78 is 0. The van der Waals surface area contributed by atoms with Crippen molar-refractivity contribution in [1.29, 1.82) is 0 Å². The van der Waals surface area contributed by atoms with Crippen LogP contribution < -0.4 is 5.73 Å². The standard InChI is InChI=1S/C13H16N4S/c1-8-9(2)16-13(17-10(8)3)18-12-4-5-15-11(6-12)7-14/h4-6H,7,14H2,1-3H3. The minimum absolute atomic E-state index is 0.446. The van der Waals surface area contributed by atoms with E-state index in [4.69, 9.17) is 5.73 Å². The van der Waals surface area contributed by atoms with Crippen LogP contribution in [-0.4, -0.2) is 15.0 Å². The van der Waals surface area contributed by atoms with Crippen LogP contribution in [0.2, 0.25) is 0 Å². The van der Waals surface area contributed by atoms with Gasteiger partial charge < -0.3 is 5.73 Å². The number of rotatable bonds is 3. The van der Waals surface area contributed by atoms with Crippen molar-refractivity contribution in [1.82, 2.24) is 15.0 Å². The molecule has 0 fully saturated rings. The molecule has 2 N–H and O–H groups in total. The maximum Gasteiger partial charge on any atom is 0.192 e. The molecular formula is C13H16N4S. The van der Waals surface area contributed by atoms with Crippen molar-refractivity contribution in [3.8, 4) is 0 Å². The van der Waals surface area contributed by atoms with Gasteiger partial charge in [-0.2, -0.15) is 0 Å². The van der Waals surface area contributed by atoms with E-state index < -0.39 is 0 Å². The Morgan fingerprint density at radius 2 is 1.83 bits per heavy atom. The van der Waals surface area contributed by atoms with Gasteiger partial charge in [0.1, 0.15) is 0 Å². The van der Waals surface area contributed by atoms with E-state index in [9.17, 15) is 0 Å². The molecule has 0 atom stereocenters. The second-order valence-electron chi connectivity index (χ2n) is 4.09. The SMILES string of the molecule is Cc1nc(Sc2ccnc(CN)c2)nc(C)c1C. The second-order valence-corrected chi connectivity index (χ2v) is 5.13. The van der Waals surface area contributed by atoms with Gasteiger partial charge in [0.2, 0.25) is 0 Å². The predicted molar refractivity (Wildman–Crippen MR) is 72.5 cm³/mol. The third kappa shape index (κ3) is 2.86. The zero-order valence-electron chi connectivity index (χ0n) is 10.8. The van der Waals surface area contributed by atoms with E-state index in [1.165, 1.54) is 11.8 Å². The van der Waals surface area contributed by atoms with Gasteiger partial charge in [-0.25, -0.2) is 9.97 Å². The lowest BCUT2D eigenvalue weighted by Crippen LogP contribution is -2.00. The average molecular weight is 260 g/mol. The molecule has 5 heteroatoms. The molecule has 94 valence electrons. The van der Waals surface area contributed by atoms with Crippen LogP contribution in [0.25, 0.3) is 0 Å². The molecule has 2 heterocycles. The third-order valence-electron chi connectivity index (χ3n) is 2.82. The van der Waals surface area contributed by atoms with Crippen molar-refractivity contribution < 1.29 is 0 Å². The van der Waals surface area contributed by atoms with Gasteiger partial charge in [-0.3, -0.25) is 4.98 Å². The van der Waals surface area contributed by atoms with E-state index >= 15 is 0 Å². The quantitative estimate of drug-likeness (QED) is 0.858. The van der Waals surface area contributed by atoms with Crippen LogP contribution in [0, 0.1) is 20.8 Å². The summed E-state index contributed by atoms with van der Waals surface area (Å²) in [5.41, 5.74) is 9.65. The number of hydrogen-bond acceptors (Lipinski definition) is 5. The molecule has 0 aliphatic heterocycles. The Labute approximate surface area is 111 Å². The summed E-state index contributed by atoms with van der Waals surface area (Å²) in [6, 6.07) is 3.91. The number of aromatic nitrogens is 3. The zero-order chi connectivity index (χ0) is 13.1. The maximum atomic E-state index is 5.58. The lowest BCUT2D eigenvalue weighted by atomic mass is 10.2. The van der Waals surface area contributed by atoms with Crippen molar-refractivity contribution >= 4 is 11.8 Å². The van der Waals surface area contributed by atoms with Crippen LogP contribution in [0.3, 0.4) is 0 Å². The molecule has 0 spiro atoms. The van der Waals surface area contributed by atoms with Crippen LogP contribution >= 0.6 is 11.8 Å². The van der Waals surface area contributed by atoms with E-state index in [-0.39, 0.29) is 0 Å². The molecule has 0 aliphatic carbocycles. The topological polar surface area (TPSA) is 64.7 Å². The number of aryl methyl sites for hydroxylation is 2. The van der Waals surface area contributed by atoms with Gasteiger partial charge >= 0.3 is 0 Å². The Hall–Kier alpha value is -1.46. The molecule has 0 saturated heterocycles. The minimum atomic E-state index is 0.446. The van der Waals surface area contributed by atoms with Gasteiger partial charge in [0.15, 0.2) is 5.16 Å². The summed E-state index contributed by atoms with van der Waals surface area (Å²) in [4.78, 5) is 14.2. The lowest BCUT2D eigenvalue weighted by Gasteiger charge is -2.07. The normalized spacial score (nSPS) is 10.7. The van der Waals surface area contributed by atoms with Crippen molar-refractivity contribution in [2.24, 2.45) is 5.73 Å². The average Bonchev–Trinajstić information content (AvgIpc) is 2.36. The zero-order valence-corrected chi connectivity index (χ0v) is 11.6. The first-order chi connectivity index (χ1) is 8.60. The fourth-order valence-electron chi connectivity index (χ4n) is 1.52. The largest absolute Gasteiger partial charge is 0.325 e. The number of nitrogens with zero attached hydrogens (tertiary/aromatic N) is 3. The van der Waals surface area contributed by atoms with Crippen LogP contribution in [-0.2, 0) is 6.54 Å². The molecule has 2 aromatic heterocycles. The fourth-order valence-corrected chi connectivity index (χ4v) is 2.42. The van der Waals surface area contributed by atoms with Crippen LogP contribution in [0.4, 0.5) is 0 Å². The highest BCUT2D eigenvalue weighted by molar-refractivity contribution is 7.99. The predicted octanol–water partition coefficient (Wildman–Crippen LogP) is 2.41. The molecule has 0 unspecified atom stereocenters. The van der Waals surface area contributed by atoms with Gasteiger partial charge in [0.25, 0.3) is 0 Å². The summed E-state index contributed by atoms with van der Waals surface area (Å²) in [5, 5.41) is 0.768. The first-order valence-electron chi connectivity index (χ1n) is 5.75. The van der Waals surface area contributed by atoms with E-state index in [1.54, 1.807) is 6.20 Å². The molecule has 0 aliphatic rings. The first kappa shape index (κ1) is 13.0. The molecule has 4 nitrogen and oxygen atoms in total. The monoisotopic (exact) mass is 260 g/mol. The highest BCUT2D eigenvalue weighted by Crippen LogP contribution is 2.25. The summed E-state index contributed by atoms with van der Waals surface area (Å²) in [7, 11) is 0. The van der Waals surface area contributed by atoms with Crippen LogP contribution in [0.15, 0.2) is 28.4 Å². The minimum Gasteiger partial charge on any atom is -0.325 e. The molecule has 0 radical (unpaired) electrons. The lowest BCUT2D eigenvalue weighted by molar-refractivity contribution is 0.880. The molecule has 2 rings (SSSR count). The summed E-state index contributed by atoms with van der Waals surface area (Å²) in [6.07, 6.45) is 1.76. The van der Waals surface area contributed by atoms with E-state index in [1.807, 2.05) is 32.9 Å². The van der Waals surface area contributed by atoms with Gasteiger partial charge in [-0.1, -0.05) is 0 Å². The third-order valence-corrected chi connectivity index (χ3v) is 3.67. The maximum absolute atomic E-state index is 5.58.